The SMILES string of the molecule is CCCCN1C(=O)C(=C2Sc3c(O)c4c(c(OC(CC)CC)c3S2)CCCC4)C(=O)N1CCCC. The first-order valence-electron chi connectivity index (χ1n) is 13.3. The lowest BCUT2D eigenvalue weighted by atomic mass is 9.90. The predicted molar refractivity (Wildman–Crippen MR) is 142 cm³/mol. The van der Waals surface area contributed by atoms with E-state index >= 15 is 0 Å². The molecule has 192 valence electrons. The molecule has 2 heterocycles. The van der Waals surface area contributed by atoms with Crippen LogP contribution in [-0.4, -0.2) is 46.1 Å². The average molecular weight is 519 g/mol. The summed E-state index contributed by atoms with van der Waals surface area (Å²) in [6, 6.07) is 0. The van der Waals surface area contributed by atoms with Crippen LogP contribution in [0.2, 0.25) is 0 Å². The summed E-state index contributed by atoms with van der Waals surface area (Å²) in [7, 11) is 0. The van der Waals surface area contributed by atoms with E-state index in [1.165, 1.54) is 23.5 Å². The molecule has 0 atom stereocenters. The second kappa shape index (κ2) is 11.5. The number of hydrogen-bond acceptors (Lipinski definition) is 6. The summed E-state index contributed by atoms with van der Waals surface area (Å²) in [6.45, 7) is 9.52. The highest BCUT2D eigenvalue weighted by atomic mass is 32.2. The van der Waals surface area contributed by atoms with Crippen LogP contribution in [-0.2, 0) is 22.4 Å². The topological polar surface area (TPSA) is 70.1 Å². The van der Waals surface area contributed by atoms with Gasteiger partial charge in [-0.15, -0.1) is 0 Å². The molecule has 3 aliphatic rings. The summed E-state index contributed by atoms with van der Waals surface area (Å²) in [4.78, 5) is 28.6. The molecule has 1 aromatic rings. The van der Waals surface area contributed by atoms with Gasteiger partial charge in [0.2, 0.25) is 0 Å². The second-order valence-corrected chi connectivity index (χ2v) is 11.8. The molecule has 4 rings (SSSR count). The summed E-state index contributed by atoms with van der Waals surface area (Å²) in [5.74, 6) is 0.740. The van der Waals surface area contributed by atoms with Crippen LogP contribution < -0.4 is 4.74 Å². The minimum atomic E-state index is -0.214. The van der Waals surface area contributed by atoms with Crippen LogP contribution in [0.15, 0.2) is 19.6 Å². The number of carbonyl (C=O) groups is 2. The molecule has 8 heteroatoms. The molecule has 6 nitrogen and oxygen atoms in total. The van der Waals surface area contributed by atoms with Crippen LogP contribution >= 0.6 is 23.5 Å². The number of rotatable bonds is 10. The Morgan fingerprint density at radius 1 is 0.857 bits per heavy atom. The first-order chi connectivity index (χ1) is 17.0. The van der Waals surface area contributed by atoms with E-state index in [4.69, 9.17) is 4.74 Å². The number of aromatic hydroxyl groups is 1. The minimum Gasteiger partial charge on any atom is -0.506 e. The third-order valence-electron chi connectivity index (χ3n) is 7.08. The molecule has 0 saturated carbocycles. The lowest BCUT2D eigenvalue weighted by molar-refractivity contribution is -0.147. The fraction of sp³-hybridized carbons (Fsp3) is 0.630. The Labute approximate surface area is 217 Å². The molecule has 2 amide bonds. The monoisotopic (exact) mass is 518 g/mol. The summed E-state index contributed by atoms with van der Waals surface area (Å²) >= 11 is 2.80. The lowest BCUT2D eigenvalue weighted by Gasteiger charge is -2.27. The van der Waals surface area contributed by atoms with Gasteiger partial charge in [0.05, 0.1) is 20.1 Å². The maximum absolute atomic E-state index is 13.5. The van der Waals surface area contributed by atoms with Crippen molar-refractivity contribution in [3.05, 3.63) is 20.9 Å². The highest BCUT2D eigenvalue weighted by molar-refractivity contribution is 8.25. The standard InChI is InChI=1S/C27H38N2O4S2/c1-5-9-15-28-25(31)20(26(32)29(28)16-10-6-2)27-34-23-21(30)18-13-11-12-14-19(18)22(24(23)35-27)33-17(7-3)8-4/h17,30H,5-16H2,1-4H3. The summed E-state index contributed by atoms with van der Waals surface area (Å²) in [5.41, 5.74) is 2.33. The van der Waals surface area contributed by atoms with Crippen molar-refractivity contribution >= 4 is 35.3 Å². The molecule has 1 N–H and O–H groups in total. The van der Waals surface area contributed by atoms with E-state index in [0.29, 0.717) is 23.1 Å². The van der Waals surface area contributed by atoms with Crippen LogP contribution in [0, 0.1) is 0 Å². The molecular formula is C27H38N2O4S2. The Bertz CT molecular complexity index is 991. The molecule has 1 saturated heterocycles. The number of unbranched alkanes of at least 4 members (excludes halogenated alkanes) is 2. The molecule has 0 radical (unpaired) electrons. The van der Waals surface area contributed by atoms with Gasteiger partial charge in [-0.25, -0.2) is 10.0 Å². The maximum Gasteiger partial charge on any atom is 0.279 e. The molecule has 0 spiro atoms. The van der Waals surface area contributed by atoms with E-state index in [-0.39, 0.29) is 23.5 Å². The molecule has 1 aromatic carbocycles. The van der Waals surface area contributed by atoms with Crippen molar-refractivity contribution in [2.45, 2.75) is 108 Å². The Morgan fingerprint density at radius 2 is 1.40 bits per heavy atom. The summed E-state index contributed by atoms with van der Waals surface area (Å²) in [6.07, 6.45) is 9.36. The molecule has 1 fully saturated rings. The van der Waals surface area contributed by atoms with Crippen molar-refractivity contribution in [3.63, 3.8) is 0 Å². The normalized spacial score (nSPS) is 17.6. The van der Waals surface area contributed by atoms with Gasteiger partial charge >= 0.3 is 0 Å². The van der Waals surface area contributed by atoms with E-state index in [1.54, 1.807) is 10.0 Å². The van der Waals surface area contributed by atoms with Crippen molar-refractivity contribution in [1.82, 2.24) is 10.0 Å². The third kappa shape index (κ3) is 4.93. The van der Waals surface area contributed by atoms with Crippen LogP contribution in [0.25, 0.3) is 0 Å². The molecular weight excluding hydrogens is 480 g/mol. The zero-order valence-electron chi connectivity index (χ0n) is 21.4. The van der Waals surface area contributed by atoms with Crippen LogP contribution in [0.1, 0.15) is 90.2 Å². The Balaban J connectivity index is 1.76. The quantitative estimate of drug-likeness (QED) is 0.284. The number of hydrogen-bond donors (Lipinski definition) is 1. The summed E-state index contributed by atoms with van der Waals surface area (Å²) in [5, 5.41) is 14.5. The number of carbonyl (C=O) groups excluding carboxylic acids is 2. The van der Waals surface area contributed by atoms with Crippen molar-refractivity contribution in [1.29, 1.82) is 0 Å². The first-order valence-corrected chi connectivity index (χ1v) is 14.9. The fourth-order valence-corrected chi connectivity index (χ4v) is 7.65. The van der Waals surface area contributed by atoms with Gasteiger partial charge in [0.1, 0.15) is 17.1 Å². The number of ether oxygens (including phenoxy) is 1. The number of thioether (sulfide) groups is 2. The van der Waals surface area contributed by atoms with Crippen LogP contribution in [0.4, 0.5) is 0 Å². The Morgan fingerprint density at radius 3 is 1.94 bits per heavy atom. The maximum atomic E-state index is 13.5. The van der Waals surface area contributed by atoms with Gasteiger partial charge in [-0.2, -0.15) is 0 Å². The fourth-order valence-electron chi connectivity index (χ4n) is 4.95. The van der Waals surface area contributed by atoms with Gasteiger partial charge < -0.3 is 9.84 Å². The number of amides is 2. The number of nitrogens with zero attached hydrogens (tertiary/aromatic N) is 2. The lowest BCUT2D eigenvalue weighted by Crippen LogP contribution is -2.42. The van der Waals surface area contributed by atoms with E-state index in [2.05, 4.69) is 27.7 Å². The third-order valence-corrected chi connectivity index (χ3v) is 9.68. The molecule has 1 aliphatic carbocycles. The Hall–Kier alpha value is -1.80. The highest BCUT2D eigenvalue weighted by Gasteiger charge is 2.45. The number of benzene rings is 1. The van der Waals surface area contributed by atoms with E-state index < -0.39 is 0 Å². The van der Waals surface area contributed by atoms with Gasteiger partial charge in [-0.3, -0.25) is 9.59 Å². The average Bonchev–Trinajstić information content (AvgIpc) is 3.40. The van der Waals surface area contributed by atoms with Gasteiger partial charge in [0, 0.05) is 24.2 Å². The predicted octanol–water partition coefficient (Wildman–Crippen LogP) is 6.43. The number of fused-ring (bicyclic) bond motifs is 2. The molecule has 0 bridgehead atoms. The molecule has 0 unspecified atom stereocenters. The van der Waals surface area contributed by atoms with Gasteiger partial charge in [-0.05, 0) is 51.4 Å². The van der Waals surface area contributed by atoms with Gasteiger partial charge in [0.25, 0.3) is 11.8 Å². The van der Waals surface area contributed by atoms with E-state index in [9.17, 15) is 14.7 Å². The first kappa shape index (κ1) is 26.3. The minimum absolute atomic E-state index is 0.0980. The summed E-state index contributed by atoms with van der Waals surface area (Å²) < 4.78 is 7.23. The Kier molecular flexibility index (Phi) is 8.63. The largest absolute Gasteiger partial charge is 0.506 e. The zero-order valence-corrected chi connectivity index (χ0v) is 23.1. The van der Waals surface area contributed by atoms with Crippen LogP contribution in [0.3, 0.4) is 0 Å². The van der Waals surface area contributed by atoms with Crippen molar-refractivity contribution in [2.75, 3.05) is 13.1 Å². The molecule has 35 heavy (non-hydrogen) atoms. The smallest absolute Gasteiger partial charge is 0.279 e. The van der Waals surface area contributed by atoms with Crippen molar-refractivity contribution in [2.24, 2.45) is 0 Å². The highest BCUT2D eigenvalue weighted by Crippen LogP contribution is 2.62. The van der Waals surface area contributed by atoms with E-state index in [1.807, 2.05) is 0 Å². The molecule has 0 aromatic heterocycles. The number of phenolic OH excluding ortho intramolecular Hbond substituents is 1. The number of phenols is 1. The van der Waals surface area contributed by atoms with Crippen molar-refractivity contribution < 1.29 is 19.4 Å². The second-order valence-electron chi connectivity index (χ2n) is 9.49. The zero-order chi connectivity index (χ0) is 25.1. The van der Waals surface area contributed by atoms with E-state index in [0.717, 1.165) is 90.9 Å². The van der Waals surface area contributed by atoms with Crippen molar-refractivity contribution in [3.8, 4) is 11.5 Å². The number of hydrazine groups is 1. The molecule has 2 aliphatic heterocycles. The van der Waals surface area contributed by atoms with Gasteiger partial charge in [-0.1, -0.05) is 64.1 Å². The van der Waals surface area contributed by atoms with Crippen LogP contribution in [0.5, 0.6) is 11.5 Å². The van der Waals surface area contributed by atoms with Gasteiger partial charge in [0.15, 0.2) is 0 Å².